The summed E-state index contributed by atoms with van der Waals surface area (Å²) < 4.78 is 5.00. The zero-order valence-electron chi connectivity index (χ0n) is 27.8. The van der Waals surface area contributed by atoms with E-state index >= 15 is 0 Å². The Morgan fingerprint density at radius 1 is 0.353 bits per heavy atom. The summed E-state index contributed by atoms with van der Waals surface area (Å²) in [6.07, 6.45) is 0. The minimum Gasteiger partial charge on any atom is -0.310 e. The van der Waals surface area contributed by atoms with Crippen LogP contribution in [0, 0.1) is 0 Å². The third-order valence-corrected chi connectivity index (χ3v) is 11.1. The minimum atomic E-state index is 1.12. The van der Waals surface area contributed by atoms with Crippen LogP contribution in [-0.4, -0.2) is 4.57 Å². The van der Waals surface area contributed by atoms with Gasteiger partial charge in [0, 0.05) is 43.3 Å². The maximum absolute atomic E-state index is 2.44. The molecule has 0 atom stereocenters. The Labute approximate surface area is 300 Å². The molecule has 0 aliphatic heterocycles. The number of fused-ring (bicyclic) bond motifs is 6. The number of benzene rings is 8. The summed E-state index contributed by atoms with van der Waals surface area (Å²) in [5.41, 5.74) is 11.8. The highest BCUT2D eigenvalue weighted by atomic mass is 32.1. The van der Waals surface area contributed by atoms with E-state index in [1.807, 2.05) is 11.3 Å². The fourth-order valence-corrected chi connectivity index (χ4v) is 8.87. The Morgan fingerprint density at radius 3 is 1.53 bits per heavy atom. The number of para-hydroxylation sites is 3. The van der Waals surface area contributed by atoms with E-state index in [1.165, 1.54) is 69.9 Å². The Hall–Kier alpha value is -6.42. The molecule has 3 heteroatoms. The Balaban J connectivity index is 1.19. The van der Waals surface area contributed by atoms with Crippen LogP contribution in [0.3, 0.4) is 0 Å². The molecule has 8 aromatic carbocycles. The van der Waals surface area contributed by atoms with Gasteiger partial charge in [-0.1, -0.05) is 133 Å². The predicted molar refractivity (Wildman–Crippen MR) is 219 cm³/mol. The molecular weight excluding hydrogens is 637 g/mol. The molecule has 10 rings (SSSR count). The van der Waals surface area contributed by atoms with Gasteiger partial charge in [-0.25, -0.2) is 0 Å². The first-order valence-corrected chi connectivity index (χ1v) is 18.2. The molecule has 0 bridgehead atoms. The average molecular weight is 669 g/mol. The quantitative estimate of drug-likeness (QED) is 0.171. The lowest BCUT2D eigenvalue weighted by molar-refractivity contribution is 1.20. The molecule has 0 unspecified atom stereocenters. The SMILES string of the molecule is c1ccc(-c2cc(-c3ccccc3)cc(N(c3ccccc3)c3ccc4c(c3)sc3c(-n5c6ccccc6c6ccccc65)cccc34)c2)cc1. The Kier molecular flexibility index (Phi) is 7.04. The van der Waals surface area contributed by atoms with Crippen molar-refractivity contribution in [3.05, 3.63) is 194 Å². The largest absolute Gasteiger partial charge is 0.310 e. The number of anilines is 3. The molecule has 0 aliphatic rings. The molecule has 0 amide bonds. The number of nitrogens with zero attached hydrogens (tertiary/aromatic N) is 2. The van der Waals surface area contributed by atoms with Crippen LogP contribution in [-0.2, 0) is 0 Å². The van der Waals surface area contributed by atoms with Crippen molar-refractivity contribution in [2.45, 2.75) is 0 Å². The van der Waals surface area contributed by atoms with Crippen LogP contribution in [0.5, 0.6) is 0 Å². The maximum Gasteiger partial charge on any atom is 0.0640 e. The second kappa shape index (κ2) is 12.2. The first kappa shape index (κ1) is 29.5. The van der Waals surface area contributed by atoms with Gasteiger partial charge in [-0.15, -0.1) is 11.3 Å². The Bertz CT molecular complexity index is 2740. The van der Waals surface area contributed by atoms with Crippen LogP contribution in [0.1, 0.15) is 0 Å². The lowest BCUT2D eigenvalue weighted by atomic mass is 9.97. The third-order valence-electron chi connectivity index (χ3n) is 9.95. The standard InChI is InChI=1S/C48H32N2S/c1-4-15-33(16-5-1)35-29-36(34-17-6-2-7-18-34)31-39(30-35)49(37-19-8-3-9-20-37)38-27-28-42-43-23-14-26-46(48(43)51-47(42)32-38)50-44-24-12-10-21-40(44)41-22-11-13-25-45(41)50/h1-32H. The predicted octanol–water partition coefficient (Wildman–Crippen LogP) is 14.0. The van der Waals surface area contributed by atoms with Crippen molar-refractivity contribution in [2.24, 2.45) is 0 Å². The van der Waals surface area contributed by atoms with E-state index in [1.54, 1.807) is 0 Å². The van der Waals surface area contributed by atoms with Gasteiger partial charge in [0.2, 0.25) is 0 Å². The van der Waals surface area contributed by atoms with Gasteiger partial charge in [0.1, 0.15) is 0 Å². The van der Waals surface area contributed by atoms with Crippen LogP contribution in [0.25, 0.3) is 69.9 Å². The minimum absolute atomic E-state index is 1.12. The fraction of sp³-hybridized carbons (Fsp3) is 0. The second-order valence-corrected chi connectivity index (χ2v) is 14.0. The van der Waals surface area contributed by atoms with E-state index in [0.717, 1.165) is 17.1 Å². The van der Waals surface area contributed by atoms with Gasteiger partial charge < -0.3 is 9.47 Å². The van der Waals surface area contributed by atoms with E-state index in [-0.39, 0.29) is 0 Å². The zero-order chi connectivity index (χ0) is 33.7. The van der Waals surface area contributed by atoms with E-state index in [9.17, 15) is 0 Å². The summed E-state index contributed by atoms with van der Waals surface area (Å²) in [7, 11) is 0. The summed E-state index contributed by atoms with van der Waals surface area (Å²) in [5, 5.41) is 5.11. The van der Waals surface area contributed by atoms with Gasteiger partial charge in [0.15, 0.2) is 0 Å². The fourth-order valence-electron chi connectivity index (χ4n) is 7.63. The number of thiophene rings is 1. The van der Waals surface area contributed by atoms with Gasteiger partial charge in [0.05, 0.1) is 21.4 Å². The van der Waals surface area contributed by atoms with Crippen molar-refractivity contribution < 1.29 is 0 Å². The summed E-state index contributed by atoms with van der Waals surface area (Å²) in [6.45, 7) is 0. The summed E-state index contributed by atoms with van der Waals surface area (Å²) in [4.78, 5) is 2.40. The molecular formula is C48H32N2S. The van der Waals surface area contributed by atoms with Crippen molar-refractivity contribution in [1.82, 2.24) is 4.57 Å². The molecule has 0 spiro atoms. The second-order valence-electron chi connectivity index (χ2n) is 13.0. The van der Waals surface area contributed by atoms with Crippen molar-refractivity contribution in [1.29, 1.82) is 0 Å². The van der Waals surface area contributed by atoms with Gasteiger partial charge in [-0.2, -0.15) is 0 Å². The van der Waals surface area contributed by atoms with Crippen molar-refractivity contribution in [3.8, 4) is 27.9 Å². The molecule has 0 aliphatic carbocycles. The van der Waals surface area contributed by atoms with Gasteiger partial charge in [-0.05, 0) is 82.9 Å². The van der Waals surface area contributed by atoms with Gasteiger partial charge >= 0.3 is 0 Å². The summed E-state index contributed by atoms with van der Waals surface area (Å²) in [5.74, 6) is 0. The first-order valence-electron chi connectivity index (χ1n) is 17.4. The van der Waals surface area contributed by atoms with Crippen LogP contribution in [0.4, 0.5) is 17.1 Å². The number of aromatic nitrogens is 1. The molecule has 10 aromatic rings. The van der Waals surface area contributed by atoms with E-state index in [4.69, 9.17) is 0 Å². The highest BCUT2D eigenvalue weighted by Gasteiger charge is 2.19. The van der Waals surface area contributed by atoms with E-state index in [0.29, 0.717) is 0 Å². The average Bonchev–Trinajstić information content (AvgIpc) is 3.75. The molecule has 0 saturated heterocycles. The molecule has 0 N–H and O–H groups in total. The van der Waals surface area contributed by atoms with E-state index < -0.39 is 0 Å². The topological polar surface area (TPSA) is 8.17 Å². The molecule has 2 aromatic heterocycles. The third kappa shape index (κ3) is 5.01. The molecule has 2 heterocycles. The highest BCUT2D eigenvalue weighted by Crippen LogP contribution is 2.45. The van der Waals surface area contributed by atoms with E-state index in [2.05, 4.69) is 204 Å². The lowest BCUT2D eigenvalue weighted by Gasteiger charge is -2.27. The molecule has 0 fully saturated rings. The monoisotopic (exact) mass is 668 g/mol. The smallest absolute Gasteiger partial charge is 0.0640 e. The molecule has 0 saturated carbocycles. The maximum atomic E-state index is 2.44. The zero-order valence-corrected chi connectivity index (χ0v) is 28.6. The van der Waals surface area contributed by atoms with Gasteiger partial charge in [0.25, 0.3) is 0 Å². The normalized spacial score (nSPS) is 11.5. The lowest BCUT2D eigenvalue weighted by Crippen LogP contribution is -2.10. The molecule has 51 heavy (non-hydrogen) atoms. The first-order chi connectivity index (χ1) is 25.3. The van der Waals surface area contributed by atoms with Crippen LogP contribution in [0.2, 0.25) is 0 Å². The Morgan fingerprint density at radius 2 is 0.902 bits per heavy atom. The van der Waals surface area contributed by atoms with Crippen molar-refractivity contribution in [3.63, 3.8) is 0 Å². The van der Waals surface area contributed by atoms with Crippen LogP contribution >= 0.6 is 11.3 Å². The van der Waals surface area contributed by atoms with Crippen LogP contribution < -0.4 is 4.90 Å². The molecule has 240 valence electrons. The van der Waals surface area contributed by atoms with Crippen molar-refractivity contribution in [2.75, 3.05) is 4.90 Å². The summed E-state index contributed by atoms with van der Waals surface area (Å²) in [6, 6.07) is 70.3. The van der Waals surface area contributed by atoms with Gasteiger partial charge in [-0.3, -0.25) is 0 Å². The summed E-state index contributed by atoms with van der Waals surface area (Å²) >= 11 is 1.88. The highest BCUT2D eigenvalue weighted by molar-refractivity contribution is 7.26. The number of hydrogen-bond acceptors (Lipinski definition) is 2. The van der Waals surface area contributed by atoms with Crippen LogP contribution in [0.15, 0.2) is 194 Å². The number of rotatable bonds is 6. The molecule has 0 radical (unpaired) electrons. The van der Waals surface area contributed by atoms with Crippen molar-refractivity contribution >= 4 is 70.4 Å². The molecule has 2 nitrogen and oxygen atoms in total. The number of hydrogen-bond donors (Lipinski definition) is 0.